The van der Waals surface area contributed by atoms with E-state index in [1.54, 1.807) is 13.0 Å². The topological polar surface area (TPSA) is 117 Å². The van der Waals surface area contributed by atoms with Crippen molar-refractivity contribution in [3.63, 3.8) is 0 Å². The largest absolute Gasteiger partial charge is 0.508 e. The number of nitrogens with one attached hydrogen (secondary N) is 1. The van der Waals surface area contributed by atoms with Crippen molar-refractivity contribution in [2.45, 2.75) is 31.6 Å². The lowest BCUT2D eigenvalue weighted by Crippen LogP contribution is -2.42. The Hall–Kier alpha value is -3.26. The molecule has 0 bridgehead atoms. The number of carbonyl (C=O) groups is 2. The van der Waals surface area contributed by atoms with Crippen LogP contribution in [-0.4, -0.2) is 33.9 Å². The minimum absolute atomic E-state index is 0.00738. The Morgan fingerprint density at radius 3 is 2.61 bits per heavy atom. The van der Waals surface area contributed by atoms with E-state index in [1.807, 2.05) is 30.3 Å². The van der Waals surface area contributed by atoms with Gasteiger partial charge in [0.05, 0.1) is 0 Å². The van der Waals surface area contributed by atoms with Gasteiger partial charge >= 0.3 is 11.6 Å². The highest BCUT2D eigenvalue weighted by molar-refractivity contribution is 7.98. The number of carboxylic acid groups (broad SMARTS) is 1. The minimum atomic E-state index is -1.10. The third kappa shape index (κ3) is 5.88. The van der Waals surface area contributed by atoms with Gasteiger partial charge in [0.25, 0.3) is 0 Å². The zero-order chi connectivity index (χ0) is 22.4. The van der Waals surface area contributed by atoms with Gasteiger partial charge < -0.3 is 19.9 Å². The highest BCUT2D eigenvalue weighted by atomic mass is 32.2. The maximum Gasteiger partial charge on any atom is 0.339 e. The van der Waals surface area contributed by atoms with Crippen LogP contribution in [0.1, 0.15) is 23.1 Å². The van der Waals surface area contributed by atoms with Gasteiger partial charge in [-0.25, -0.2) is 9.59 Å². The molecule has 1 atom stereocenters. The van der Waals surface area contributed by atoms with Crippen LogP contribution in [-0.2, 0) is 21.8 Å². The number of carbonyl (C=O) groups excluding carboxylic acids is 1. The van der Waals surface area contributed by atoms with Crippen molar-refractivity contribution in [1.82, 2.24) is 5.32 Å². The number of rotatable bonds is 9. The normalized spacial score (nSPS) is 11.9. The molecule has 2 aromatic carbocycles. The van der Waals surface area contributed by atoms with E-state index in [4.69, 9.17) is 4.42 Å². The number of thioether (sulfide) groups is 1. The number of phenolic OH excluding ortho intramolecular Hbond substituents is 1. The quantitative estimate of drug-likeness (QED) is 0.437. The van der Waals surface area contributed by atoms with Crippen LogP contribution in [0.2, 0.25) is 0 Å². The average Bonchev–Trinajstić information content (AvgIpc) is 2.73. The summed E-state index contributed by atoms with van der Waals surface area (Å²) >= 11 is 1.43. The van der Waals surface area contributed by atoms with E-state index in [2.05, 4.69) is 5.32 Å². The van der Waals surface area contributed by atoms with Gasteiger partial charge in [0.15, 0.2) is 0 Å². The Morgan fingerprint density at radius 1 is 1.16 bits per heavy atom. The number of fused-ring (bicyclic) bond motifs is 1. The van der Waals surface area contributed by atoms with Crippen molar-refractivity contribution in [2.24, 2.45) is 0 Å². The summed E-state index contributed by atoms with van der Waals surface area (Å²) in [7, 11) is 0. The second-order valence-electron chi connectivity index (χ2n) is 7.13. The molecule has 162 valence electrons. The van der Waals surface area contributed by atoms with Crippen LogP contribution in [0, 0.1) is 6.92 Å². The molecule has 3 N–H and O–H groups in total. The van der Waals surface area contributed by atoms with E-state index < -0.39 is 23.5 Å². The summed E-state index contributed by atoms with van der Waals surface area (Å²) in [4.78, 5) is 36.2. The summed E-state index contributed by atoms with van der Waals surface area (Å²) in [6, 6.07) is 13.2. The Morgan fingerprint density at radius 2 is 1.90 bits per heavy atom. The molecule has 0 unspecified atom stereocenters. The van der Waals surface area contributed by atoms with Crippen LogP contribution in [0.4, 0.5) is 0 Å². The van der Waals surface area contributed by atoms with Gasteiger partial charge in [-0.05, 0) is 36.6 Å². The molecule has 3 rings (SSSR count). The molecule has 7 nitrogen and oxygen atoms in total. The first kappa shape index (κ1) is 22.4. The molecule has 1 aromatic heterocycles. The van der Waals surface area contributed by atoms with Crippen LogP contribution < -0.4 is 10.9 Å². The summed E-state index contributed by atoms with van der Waals surface area (Å²) in [5, 5.41) is 22.2. The molecule has 0 saturated carbocycles. The van der Waals surface area contributed by atoms with Crippen LogP contribution >= 0.6 is 11.8 Å². The maximum atomic E-state index is 12.3. The zero-order valence-corrected chi connectivity index (χ0v) is 17.8. The molecule has 31 heavy (non-hydrogen) atoms. The summed E-state index contributed by atoms with van der Waals surface area (Å²) < 4.78 is 5.26. The standard InChI is InChI=1S/C23H23NO6S/c1-14-17-8-7-16(25)11-20(17)30-23(29)18(14)9-10-21(26)24-19(22(27)28)13-31-12-15-5-3-2-4-6-15/h2-8,11,19,25H,9-10,12-13H2,1H3,(H,24,26)(H,27,28)/t19-/m0/s1. The second-order valence-corrected chi connectivity index (χ2v) is 8.16. The number of aryl methyl sites for hydroxylation is 1. The minimum Gasteiger partial charge on any atom is -0.508 e. The van der Waals surface area contributed by atoms with Crippen LogP contribution in [0.3, 0.4) is 0 Å². The van der Waals surface area contributed by atoms with Crippen molar-refractivity contribution in [2.75, 3.05) is 5.75 Å². The Bertz CT molecular complexity index is 1140. The predicted octanol–water partition coefficient (Wildman–Crippen LogP) is 3.24. The first-order chi connectivity index (χ1) is 14.8. The van der Waals surface area contributed by atoms with Gasteiger partial charge in [-0.2, -0.15) is 11.8 Å². The van der Waals surface area contributed by atoms with Gasteiger partial charge in [0, 0.05) is 34.9 Å². The Balaban J connectivity index is 1.59. The Labute approximate surface area is 183 Å². The number of hydrogen-bond acceptors (Lipinski definition) is 6. The molecule has 1 heterocycles. The van der Waals surface area contributed by atoms with E-state index in [-0.39, 0.29) is 29.9 Å². The van der Waals surface area contributed by atoms with Crippen molar-refractivity contribution < 1.29 is 24.2 Å². The second kappa shape index (κ2) is 10.2. The van der Waals surface area contributed by atoms with Gasteiger partial charge in [0.2, 0.25) is 5.91 Å². The lowest BCUT2D eigenvalue weighted by Gasteiger charge is -2.14. The molecule has 8 heteroatoms. The summed E-state index contributed by atoms with van der Waals surface area (Å²) in [6.45, 7) is 1.75. The molecule has 0 aliphatic rings. The van der Waals surface area contributed by atoms with Crippen molar-refractivity contribution in [3.05, 3.63) is 75.6 Å². The number of aliphatic carboxylic acids is 1. The fourth-order valence-corrected chi connectivity index (χ4v) is 4.23. The van der Waals surface area contributed by atoms with E-state index in [0.29, 0.717) is 22.3 Å². The molecule has 0 fully saturated rings. The number of hydrogen-bond donors (Lipinski definition) is 3. The molecule has 3 aromatic rings. The lowest BCUT2D eigenvalue weighted by molar-refractivity contribution is -0.141. The van der Waals surface area contributed by atoms with Crippen LogP contribution in [0.15, 0.2) is 57.7 Å². The Kier molecular flexibility index (Phi) is 7.36. The number of benzene rings is 2. The van der Waals surface area contributed by atoms with Gasteiger partial charge in [-0.1, -0.05) is 30.3 Å². The number of amides is 1. The van der Waals surface area contributed by atoms with E-state index in [0.717, 1.165) is 5.56 Å². The highest BCUT2D eigenvalue weighted by Crippen LogP contribution is 2.23. The van der Waals surface area contributed by atoms with E-state index >= 15 is 0 Å². The first-order valence-electron chi connectivity index (χ1n) is 9.74. The van der Waals surface area contributed by atoms with Crippen molar-refractivity contribution >= 4 is 34.6 Å². The van der Waals surface area contributed by atoms with Crippen molar-refractivity contribution in [1.29, 1.82) is 0 Å². The third-order valence-electron chi connectivity index (χ3n) is 4.90. The fourth-order valence-electron chi connectivity index (χ4n) is 3.22. The maximum absolute atomic E-state index is 12.3. The number of aromatic hydroxyl groups is 1. The van der Waals surface area contributed by atoms with Gasteiger partial charge in [-0.3, -0.25) is 4.79 Å². The van der Waals surface area contributed by atoms with Crippen molar-refractivity contribution in [3.8, 4) is 5.75 Å². The first-order valence-corrected chi connectivity index (χ1v) is 10.9. The lowest BCUT2D eigenvalue weighted by atomic mass is 10.0. The SMILES string of the molecule is Cc1c(CCC(=O)N[C@@H](CSCc2ccccc2)C(=O)O)c(=O)oc2cc(O)ccc12. The molecule has 0 saturated heterocycles. The molecule has 0 aliphatic heterocycles. The number of carboxylic acids is 1. The highest BCUT2D eigenvalue weighted by Gasteiger charge is 2.21. The molecule has 1 amide bonds. The fraction of sp³-hybridized carbons (Fsp3) is 0.261. The smallest absolute Gasteiger partial charge is 0.339 e. The monoisotopic (exact) mass is 441 g/mol. The third-order valence-corrected chi connectivity index (χ3v) is 6.01. The van der Waals surface area contributed by atoms with Gasteiger partial charge in [-0.15, -0.1) is 0 Å². The summed E-state index contributed by atoms with van der Waals surface area (Å²) in [5.74, 6) is -0.677. The average molecular weight is 442 g/mol. The van der Waals surface area contributed by atoms with E-state index in [1.165, 1.54) is 23.9 Å². The molecular weight excluding hydrogens is 418 g/mol. The molecular formula is C23H23NO6S. The summed E-state index contributed by atoms with van der Waals surface area (Å²) in [6.07, 6.45) is 0.0859. The van der Waals surface area contributed by atoms with E-state index in [9.17, 15) is 24.6 Å². The van der Waals surface area contributed by atoms with Gasteiger partial charge in [0.1, 0.15) is 17.4 Å². The zero-order valence-electron chi connectivity index (χ0n) is 17.0. The van der Waals surface area contributed by atoms with Crippen LogP contribution in [0.5, 0.6) is 5.75 Å². The molecule has 0 aliphatic carbocycles. The summed E-state index contributed by atoms with van der Waals surface area (Å²) in [5.41, 5.74) is 1.81. The molecule has 0 spiro atoms. The number of phenols is 1. The molecule has 0 radical (unpaired) electrons. The predicted molar refractivity (Wildman–Crippen MR) is 119 cm³/mol. The van der Waals surface area contributed by atoms with Crippen LogP contribution in [0.25, 0.3) is 11.0 Å².